The first kappa shape index (κ1) is 36.9. The summed E-state index contributed by atoms with van der Waals surface area (Å²) in [5.41, 5.74) is 2.41. The van der Waals surface area contributed by atoms with Gasteiger partial charge in [-0.3, -0.25) is 14.4 Å². The molecule has 0 aromatic heterocycles. The molecule has 0 saturated heterocycles. The Bertz CT molecular complexity index is 2040. The van der Waals surface area contributed by atoms with Gasteiger partial charge in [-0.05, 0) is 66.2 Å². The van der Waals surface area contributed by atoms with Crippen LogP contribution in [0.5, 0.6) is 17.2 Å². The first-order chi connectivity index (χ1) is 24.7. The molecule has 0 bridgehead atoms. The van der Waals surface area contributed by atoms with Crippen LogP contribution in [-0.2, 0) is 9.59 Å². The van der Waals surface area contributed by atoms with Crippen LogP contribution < -0.4 is 30.2 Å². The number of halogens is 2. The standard InChI is InChI=1S/C39H33Cl2N3O6S/c1-48-33-23-35(50-3)34(49-2)18-26(33)17-32(44-37(45)25-13-8-5-9-14-25)38(46)42-29-15-10-16-31(22-29)51-36(24-11-6-4-7-12-24)39(47)43-30-20-27(40)19-28(41)21-30/h4-23,36H,1-3H3,(H,42,46)(H,43,47)(H,44,45)/b32-17+. The maximum atomic E-state index is 13.9. The molecular weight excluding hydrogens is 709 g/mol. The Morgan fingerprint density at radius 3 is 1.94 bits per heavy atom. The number of carbonyl (C=O) groups is 3. The minimum Gasteiger partial charge on any atom is -0.496 e. The highest BCUT2D eigenvalue weighted by Crippen LogP contribution is 2.38. The molecule has 0 spiro atoms. The molecule has 0 fully saturated rings. The van der Waals surface area contributed by atoms with Gasteiger partial charge in [-0.1, -0.05) is 77.8 Å². The number of carbonyl (C=O) groups excluding carboxylic acids is 3. The van der Waals surface area contributed by atoms with Crippen LogP contribution in [0.3, 0.4) is 0 Å². The maximum absolute atomic E-state index is 13.9. The number of thioether (sulfide) groups is 1. The minimum absolute atomic E-state index is 0.0610. The Hall–Kier alpha value is -5.42. The summed E-state index contributed by atoms with van der Waals surface area (Å²) >= 11 is 13.6. The predicted molar refractivity (Wildman–Crippen MR) is 203 cm³/mol. The highest BCUT2D eigenvalue weighted by atomic mass is 35.5. The van der Waals surface area contributed by atoms with E-state index >= 15 is 0 Å². The molecule has 1 unspecified atom stereocenters. The zero-order valence-electron chi connectivity index (χ0n) is 27.7. The van der Waals surface area contributed by atoms with Gasteiger partial charge in [0.05, 0.1) is 21.3 Å². The Kier molecular flexibility index (Phi) is 12.6. The fourth-order valence-electron chi connectivity index (χ4n) is 4.98. The number of hydrogen-bond acceptors (Lipinski definition) is 7. The molecule has 5 rings (SSSR count). The summed E-state index contributed by atoms with van der Waals surface area (Å²) < 4.78 is 16.4. The summed E-state index contributed by atoms with van der Waals surface area (Å²) in [4.78, 5) is 41.5. The van der Waals surface area contributed by atoms with Crippen molar-refractivity contribution in [1.82, 2.24) is 5.32 Å². The zero-order valence-corrected chi connectivity index (χ0v) is 30.1. The fourth-order valence-corrected chi connectivity index (χ4v) is 6.59. The Morgan fingerprint density at radius 2 is 1.29 bits per heavy atom. The van der Waals surface area contributed by atoms with Crippen molar-refractivity contribution in [3.8, 4) is 17.2 Å². The van der Waals surface area contributed by atoms with E-state index < -0.39 is 17.1 Å². The summed E-state index contributed by atoms with van der Waals surface area (Å²) in [6, 6.07) is 33.0. The number of rotatable bonds is 13. The molecule has 5 aromatic rings. The first-order valence-corrected chi connectivity index (χ1v) is 17.1. The number of hydrogen-bond donors (Lipinski definition) is 3. The summed E-state index contributed by atoms with van der Waals surface area (Å²) in [6.07, 6.45) is 1.49. The van der Waals surface area contributed by atoms with Crippen molar-refractivity contribution in [3.63, 3.8) is 0 Å². The van der Waals surface area contributed by atoms with Gasteiger partial charge in [-0.15, -0.1) is 11.8 Å². The number of nitrogens with one attached hydrogen (secondary N) is 3. The molecule has 0 radical (unpaired) electrons. The molecule has 0 saturated carbocycles. The number of methoxy groups -OCH3 is 3. The van der Waals surface area contributed by atoms with Crippen molar-refractivity contribution in [2.75, 3.05) is 32.0 Å². The third-order valence-electron chi connectivity index (χ3n) is 7.38. The van der Waals surface area contributed by atoms with Gasteiger partial charge in [0.1, 0.15) is 16.7 Å². The normalized spacial score (nSPS) is 11.6. The van der Waals surface area contributed by atoms with Crippen LogP contribution in [0.2, 0.25) is 10.0 Å². The number of amides is 3. The molecule has 5 aromatic carbocycles. The van der Waals surface area contributed by atoms with Crippen molar-refractivity contribution in [1.29, 1.82) is 0 Å². The largest absolute Gasteiger partial charge is 0.496 e. The van der Waals surface area contributed by atoms with Crippen molar-refractivity contribution in [3.05, 3.63) is 148 Å². The van der Waals surface area contributed by atoms with Crippen molar-refractivity contribution >= 4 is 70.1 Å². The van der Waals surface area contributed by atoms with E-state index in [1.165, 1.54) is 39.2 Å². The van der Waals surface area contributed by atoms with Gasteiger partial charge in [0.25, 0.3) is 11.8 Å². The lowest BCUT2D eigenvalue weighted by atomic mass is 10.1. The van der Waals surface area contributed by atoms with Crippen LogP contribution in [0.15, 0.2) is 126 Å². The minimum atomic E-state index is -0.673. The van der Waals surface area contributed by atoms with Gasteiger partial charge in [0, 0.05) is 43.5 Å². The molecule has 3 N–H and O–H groups in total. The molecule has 12 heteroatoms. The maximum Gasteiger partial charge on any atom is 0.272 e. The summed E-state index contributed by atoms with van der Waals surface area (Å²) in [7, 11) is 4.48. The monoisotopic (exact) mass is 741 g/mol. The SMILES string of the molecule is COc1cc(OC)c(OC)cc1/C=C(/NC(=O)c1ccccc1)C(=O)Nc1cccc(SC(C(=O)Nc2cc(Cl)cc(Cl)c2)c2ccccc2)c1. The quantitative estimate of drug-likeness (QED) is 0.0816. The van der Waals surface area contributed by atoms with E-state index in [2.05, 4.69) is 16.0 Å². The molecule has 0 aliphatic heterocycles. The van der Waals surface area contributed by atoms with Crippen LogP contribution in [-0.4, -0.2) is 39.1 Å². The van der Waals surface area contributed by atoms with Crippen molar-refractivity contribution < 1.29 is 28.6 Å². The highest BCUT2D eigenvalue weighted by Gasteiger charge is 2.23. The first-order valence-electron chi connectivity index (χ1n) is 15.5. The van der Waals surface area contributed by atoms with Crippen molar-refractivity contribution in [2.45, 2.75) is 10.1 Å². The summed E-state index contributed by atoms with van der Waals surface area (Å²) in [5.74, 6) is -0.169. The average molecular weight is 743 g/mol. The Balaban J connectivity index is 1.44. The average Bonchev–Trinajstić information content (AvgIpc) is 3.13. The molecule has 51 heavy (non-hydrogen) atoms. The van der Waals surface area contributed by atoms with Gasteiger partial charge in [0.15, 0.2) is 11.5 Å². The second-order valence-corrected chi connectivity index (χ2v) is 12.9. The van der Waals surface area contributed by atoms with E-state index in [-0.39, 0.29) is 11.6 Å². The molecule has 3 amide bonds. The fraction of sp³-hybridized carbons (Fsp3) is 0.103. The van der Waals surface area contributed by atoms with Gasteiger partial charge in [-0.2, -0.15) is 0 Å². The van der Waals surface area contributed by atoms with Crippen LogP contribution in [0.4, 0.5) is 11.4 Å². The van der Waals surface area contributed by atoms with Gasteiger partial charge in [0.2, 0.25) is 5.91 Å². The summed E-state index contributed by atoms with van der Waals surface area (Å²) in [5, 5.41) is 8.64. The second-order valence-electron chi connectivity index (χ2n) is 10.9. The number of ether oxygens (including phenoxy) is 3. The predicted octanol–water partition coefficient (Wildman–Crippen LogP) is 8.90. The van der Waals surface area contributed by atoms with Gasteiger partial charge in [-0.25, -0.2) is 0 Å². The molecular formula is C39H33Cl2N3O6S. The lowest BCUT2D eigenvalue weighted by Crippen LogP contribution is -2.30. The molecule has 0 aliphatic carbocycles. The summed E-state index contributed by atoms with van der Waals surface area (Å²) in [6.45, 7) is 0. The van der Waals surface area contributed by atoms with Gasteiger partial charge >= 0.3 is 0 Å². The van der Waals surface area contributed by atoms with Crippen LogP contribution in [0.25, 0.3) is 6.08 Å². The van der Waals surface area contributed by atoms with E-state index in [1.54, 1.807) is 78.9 Å². The van der Waals surface area contributed by atoms with Crippen molar-refractivity contribution in [2.24, 2.45) is 0 Å². The second kappa shape index (κ2) is 17.5. The van der Waals surface area contributed by atoms with Gasteiger partial charge < -0.3 is 30.2 Å². The topological polar surface area (TPSA) is 115 Å². The molecule has 1 atom stereocenters. The Labute approximate surface area is 309 Å². The van der Waals surface area contributed by atoms with E-state index in [1.807, 2.05) is 36.4 Å². The third kappa shape index (κ3) is 9.85. The van der Waals surface area contributed by atoms with E-state index in [0.29, 0.717) is 54.7 Å². The smallest absolute Gasteiger partial charge is 0.272 e. The zero-order chi connectivity index (χ0) is 36.3. The number of anilines is 2. The molecule has 0 heterocycles. The van der Waals surface area contributed by atoms with E-state index in [4.69, 9.17) is 37.4 Å². The van der Waals surface area contributed by atoms with Crippen LogP contribution in [0, 0.1) is 0 Å². The number of benzene rings is 5. The van der Waals surface area contributed by atoms with E-state index in [9.17, 15) is 14.4 Å². The van der Waals surface area contributed by atoms with Crippen LogP contribution >= 0.6 is 35.0 Å². The third-order valence-corrected chi connectivity index (χ3v) is 9.07. The molecule has 9 nitrogen and oxygen atoms in total. The lowest BCUT2D eigenvalue weighted by Gasteiger charge is -2.18. The Morgan fingerprint density at radius 1 is 0.667 bits per heavy atom. The lowest BCUT2D eigenvalue weighted by molar-refractivity contribution is -0.116. The molecule has 0 aliphatic rings. The van der Waals surface area contributed by atoms with E-state index in [0.717, 1.165) is 5.56 Å². The highest BCUT2D eigenvalue weighted by molar-refractivity contribution is 8.00. The van der Waals surface area contributed by atoms with Crippen LogP contribution in [0.1, 0.15) is 26.7 Å². The molecule has 260 valence electrons.